The molecule has 2 aromatic rings. The van der Waals surface area contributed by atoms with E-state index in [1.54, 1.807) is 12.1 Å². The lowest BCUT2D eigenvalue weighted by Crippen LogP contribution is -2.40. The van der Waals surface area contributed by atoms with Gasteiger partial charge in [0.25, 0.3) is 0 Å². The molecule has 124 valence electrons. The lowest BCUT2D eigenvalue weighted by Gasteiger charge is -2.21. The van der Waals surface area contributed by atoms with E-state index in [9.17, 15) is 22.0 Å². The Kier molecular flexibility index (Phi) is 4.99. The Morgan fingerprint density at radius 3 is 2.57 bits per heavy atom. The van der Waals surface area contributed by atoms with Crippen LogP contribution in [0.1, 0.15) is 5.76 Å². The number of nitrogens with zero attached hydrogens (tertiary/aromatic N) is 1. The van der Waals surface area contributed by atoms with E-state index >= 15 is 0 Å². The van der Waals surface area contributed by atoms with Gasteiger partial charge >= 0.3 is 0 Å². The molecular formula is C14H14F2N2O4S. The number of carbonyl (C=O) groups is 1. The number of anilines is 1. The predicted molar refractivity (Wildman–Crippen MR) is 79.1 cm³/mol. The summed E-state index contributed by atoms with van der Waals surface area (Å²) in [6.45, 7) is -0.480. The summed E-state index contributed by atoms with van der Waals surface area (Å²) in [7, 11) is -3.85. The van der Waals surface area contributed by atoms with Gasteiger partial charge in [-0.25, -0.2) is 17.2 Å². The zero-order valence-corrected chi connectivity index (χ0v) is 12.9. The molecular weight excluding hydrogens is 330 g/mol. The third-order valence-corrected chi connectivity index (χ3v) is 4.06. The van der Waals surface area contributed by atoms with Crippen LogP contribution in [0, 0.1) is 11.6 Å². The summed E-state index contributed by atoms with van der Waals surface area (Å²) in [6.07, 6.45) is 2.31. The molecule has 0 unspecified atom stereocenters. The minimum absolute atomic E-state index is 0.0845. The topological polar surface area (TPSA) is 79.6 Å². The van der Waals surface area contributed by atoms with E-state index < -0.39 is 34.1 Å². The van der Waals surface area contributed by atoms with Gasteiger partial charge in [-0.05, 0) is 24.3 Å². The van der Waals surface area contributed by atoms with Gasteiger partial charge in [0, 0.05) is 6.07 Å². The van der Waals surface area contributed by atoms with Gasteiger partial charge in [-0.2, -0.15) is 0 Å². The van der Waals surface area contributed by atoms with Crippen molar-refractivity contribution in [3.63, 3.8) is 0 Å². The van der Waals surface area contributed by atoms with Crippen LogP contribution in [0.4, 0.5) is 14.5 Å². The smallest absolute Gasteiger partial charge is 0.241 e. The van der Waals surface area contributed by atoms with Crippen LogP contribution < -0.4 is 9.62 Å². The molecule has 0 spiro atoms. The summed E-state index contributed by atoms with van der Waals surface area (Å²) in [6, 6.07) is 5.88. The maximum Gasteiger partial charge on any atom is 0.241 e. The van der Waals surface area contributed by atoms with Gasteiger partial charge in [0.1, 0.15) is 12.3 Å². The number of hydrogen-bond donors (Lipinski definition) is 1. The van der Waals surface area contributed by atoms with Crippen LogP contribution in [0.2, 0.25) is 0 Å². The zero-order chi connectivity index (χ0) is 17.0. The van der Waals surface area contributed by atoms with Crippen LogP contribution in [0.25, 0.3) is 0 Å². The molecule has 0 aliphatic rings. The van der Waals surface area contributed by atoms with Crippen molar-refractivity contribution in [2.75, 3.05) is 17.1 Å². The fraction of sp³-hybridized carbons (Fsp3) is 0.214. The highest BCUT2D eigenvalue weighted by Crippen LogP contribution is 2.20. The summed E-state index contributed by atoms with van der Waals surface area (Å²) in [5, 5.41) is 2.48. The number of hydrogen-bond acceptors (Lipinski definition) is 4. The Bertz CT molecular complexity index is 791. The highest BCUT2D eigenvalue weighted by molar-refractivity contribution is 7.92. The van der Waals surface area contributed by atoms with Gasteiger partial charge in [-0.3, -0.25) is 9.10 Å². The summed E-state index contributed by atoms with van der Waals surface area (Å²) in [5.41, 5.74) is -0.139. The van der Waals surface area contributed by atoms with E-state index in [1.165, 1.54) is 6.26 Å². The van der Waals surface area contributed by atoms with Crippen molar-refractivity contribution in [3.8, 4) is 0 Å². The van der Waals surface area contributed by atoms with E-state index in [1.807, 2.05) is 0 Å². The number of benzene rings is 1. The molecule has 23 heavy (non-hydrogen) atoms. The maximum absolute atomic E-state index is 13.3. The van der Waals surface area contributed by atoms with E-state index in [-0.39, 0.29) is 12.2 Å². The zero-order valence-electron chi connectivity index (χ0n) is 12.1. The minimum atomic E-state index is -3.85. The first-order chi connectivity index (χ1) is 10.8. The van der Waals surface area contributed by atoms with Crippen molar-refractivity contribution in [1.82, 2.24) is 5.32 Å². The number of rotatable bonds is 6. The molecule has 1 amide bonds. The number of amides is 1. The molecule has 1 N–H and O–H groups in total. The molecule has 0 aliphatic carbocycles. The van der Waals surface area contributed by atoms with Crippen molar-refractivity contribution < 1.29 is 26.4 Å². The third kappa shape index (κ3) is 4.52. The van der Waals surface area contributed by atoms with E-state index in [0.29, 0.717) is 10.1 Å². The molecule has 0 atom stereocenters. The molecule has 0 bridgehead atoms. The van der Waals surface area contributed by atoms with Crippen LogP contribution >= 0.6 is 0 Å². The Labute approximate surface area is 131 Å². The summed E-state index contributed by atoms with van der Waals surface area (Å²) < 4.78 is 55.6. The fourth-order valence-corrected chi connectivity index (χ4v) is 2.67. The SMILES string of the molecule is CS(=O)(=O)N(CC(=O)NCc1ccco1)c1ccc(F)c(F)c1. The summed E-state index contributed by atoms with van der Waals surface area (Å²) in [5.74, 6) is -2.43. The Morgan fingerprint density at radius 2 is 2.00 bits per heavy atom. The number of carbonyl (C=O) groups excluding carboxylic acids is 1. The van der Waals surface area contributed by atoms with E-state index in [4.69, 9.17) is 4.42 Å². The van der Waals surface area contributed by atoms with Crippen LogP contribution in [-0.4, -0.2) is 27.1 Å². The molecule has 9 heteroatoms. The van der Waals surface area contributed by atoms with E-state index in [2.05, 4.69) is 5.32 Å². The molecule has 1 aromatic carbocycles. The Morgan fingerprint density at radius 1 is 1.26 bits per heavy atom. The first kappa shape index (κ1) is 16.9. The molecule has 0 saturated carbocycles. The standard InChI is InChI=1S/C14H14F2N2O4S/c1-23(20,21)18(10-4-5-12(15)13(16)7-10)9-14(19)17-8-11-3-2-6-22-11/h2-7H,8-9H2,1H3,(H,17,19). The second-order valence-electron chi connectivity index (χ2n) is 4.72. The monoisotopic (exact) mass is 344 g/mol. The first-order valence-electron chi connectivity index (χ1n) is 6.49. The molecule has 6 nitrogen and oxygen atoms in total. The van der Waals surface area contributed by atoms with E-state index in [0.717, 1.165) is 24.5 Å². The molecule has 0 fully saturated rings. The second kappa shape index (κ2) is 6.78. The Hall–Kier alpha value is -2.42. The summed E-state index contributed by atoms with van der Waals surface area (Å²) >= 11 is 0. The highest BCUT2D eigenvalue weighted by Gasteiger charge is 2.22. The van der Waals surface area contributed by atoms with Crippen molar-refractivity contribution in [3.05, 3.63) is 54.0 Å². The minimum Gasteiger partial charge on any atom is -0.467 e. The molecule has 1 heterocycles. The fourth-order valence-electron chi connectivity index (χ4n) is 1.83. The molecule has 0 radical (unpaired) electrons. The lowest BCUT2D eigenvalue weighted by molar-refractivity contribution is -0.119. The van der Waals surface area contributed by atoms with Crippen molar-refractivity contribution in [1.29, 1.82) is 0 Å². The highest BCUT2D eigenvalue weighted by atomic mass is 32.2. The second-order valence-corrected chi connectivity index (χ2v) is 6.63. The van der Waals surface area contributed by atoms with Crippen LogP contribution in [0.5, 0.6) is 0 Å². The Balaban J connectivity index is 2.12. The van der Waals surface area contributed by atoms with Gasteiger partial charge in [0.2, 0.25) is 15.9 Å². The average molecular weight is 344 g/mol. The van der Waals surface area contributed by atoms with Crippen LogP contribution in [0.15, 0.2) is 41.0 Å². The van der Waals surface area contributed by atoms with Crippen molar-refractivity contribution in [2.45, 2.75) is 6.54 Å². The number of halogens is 2. The predicted octanol–water partition coefficient (Wildman–Crippen LogP) is 1.64. The van der Waals surface area contributed by atoms with Gasteiger partial charge in [0.05, 0.1) is 24.8 Å². The van der Waals surface area contributed by atoms with Crippen LogP contribution in [-0.2, 0) is 21.4 Å². The number of nitrogens with one attached hydrogen (secondary N) is 1. The van der Waals surface area contributed by atoms with Crippen molar-refractivity contribution >= 4 is 21.6 Å². The number of sulfonamides is 1. The molecule has 0 saturated heterocycles. The molecule has 1 aromatic heterocycles. The largest absolute Gasteiger partial charge is 0.467 e. The lowest BCUT2D eigenvalue weighted by atomic mass is 10.3. The normalized spacial score (nSPS) is 11.3. The first-order valence-corrected chi connectivity index (χ1v) is 8.34. The molecule has 2 rings (SSSR count). The molecule has 0 aliphatic heterocycles. The third-order valence-electron chi connectivity index (χ3n) is 2.92. The van der Waals surface area contributed by atoms with Gasteiger partial charge in [0.15, 0.2) is 11.6 Å². The quantitative estimate of drug-likeness (QED) is 0.864. The van der Waals surface area contributed by atoms with Gasteiger partial charge in [-0.15, -0.1) is 0 Å². The van der Waals surface area contributed by atoms with Gasteiger partial charge in [-0.1, -0.05) is 0 Å². The average Bonchev–Trinajstić information content (AvgIpc) is 2.98. The van der Waals surface area contributed by atoms with Crippen molar-refractivity contribution in [2.24, 2.45) is 0 Å². The van der Waals surface area contributed by atoms with Crippen LogP contribution in [0.3, 0.4) is 0 Å². The maximum atomic E-state index is 13.3. The van der Waals surface area contributed by atoms with Gasteiger partial charge < -0.3 is 9.73 Å². The summed E-state index contributed by atoms with van der Waals surface area (Å²) in [4.78, 5) is 11.9. The number of furan rings is 1.